The van der Waals surface area contributed by atoms with Gasteiger partial charge in [-0.1, -0.05) is 115 Å². The quantitative estimate of drug-likeness (QED) is 0.175. The van der Waals surface area contributed by atoms with Crippen LogP contribution in [0.1, 0.15) is 0 Å². The summed E-state index contributed by atoms with van der Waals surface area (Å²) < 4.78 is 12.4. The third-order valence-electron chi connectivity index (χ3n) is 11.2. The minimum Gasteiger partial charge on any atom is -0.456 e. The van der Waals surface area contributed by atoms with Crippen LogP contribution in [0.25, 0.3) is 65.8 Å². The van der Waals surface area contributed by atoms with Crippen LogP contribution in [0.2, 0.25) is 0 Å². The topological polar surface area (TPSA) is 32.8 Å². The SMILES string of the molecule is c1ccc(N(c2ccc3c(c2)Sc2ccccc2N3c2ccc(-c3ccc4oc5ccccc5c4c3)c3ccccc23)c2ccc3oc4ccccc4c3c2)cc1. The van der Waals surface area contributed by atoms with Crippen LogP contribution in [0.5, 0.6) is 0 Å². The van der Waals surface area contributed by atoms with E-state index in [1.54, 1.807) is 0 Å². The van der Waals surface area contributed by atoms with Gasteiger partial charge in [-0.05, 0) is 108 Å². The summed E-state index contributed by atoms with van der Waals surface area (Å²) in [6, 6.07) is 69.2. The Hall–Kier alpha value is -7.21. The molecule has 268 valence electrons. The summed E-state index contributed by atoms with van der Waals surface area (Å²) in [5, 5.41) is 6.87. The molecule has 0 bridgehead atoms. The Morgan fingerprint density at radius 2 is 0.912 bits per heavy atom. The standard InChI is InChI=1S/C52H32N2O2S/c1-2-12-34(13-3-1)53(35-24-29-50-43(31-35)41-17-7-10-20-48(41)56-50)36-23-26-46-52(32-36)57-51-21-11-8-18-45(51)54(46)44-27-25-37(38-14-4-5-15-39(38)44)33-22-28-49-42(30-33)40-16-6-9-19-47(40)55-49/h1-32H. The Bertz CT molecular complexity index is 3360. The number of benzene rings is 9. The summed E-state index contributed by atoms with van der Waals surface area (Å²) in [6.07, 6.45) is 0. The van der Waals surface area contributed by atoms with Crippen LogP contribution in [0, 0.1) is 0 Å². The Balaban J connectivity index is 1.01. The van der Waals surface area contributed by atoms with E-state index < -0.39 is 0 Å². The van der Waals surface area contributed by atoms with Crippen molar-refractivity contribution in [3.63, 3.8) is 0 Å². The highest BCUT2D eigenvalue weighted by Gasteiger charge is 2.28. The maximum atomic E-state index is 6.22. The molecule has 0 saturated heterocycles. The molecule has 2 aromatic heterocycles. The molecule has 11 aromatic rings. The Kier molecular flexibility index (Phi) is 7.13. The fourth-order valence-electron chi connectivity index (χ4n) is 8.65. The fourth-order valence-corrected chi connectivity index (χ4v) is 9.74. The zero-order valence-corrected chi connectivity index (χ0v) is 31.4. The molecular formula is C52H32N2O2S. The molecule has 3 heterocycles. The molecule has 1 aliphatic heterocycles. The number of hydrogen-bond acceptors (Lipinski definition) is 5. The van der Waals surface area contributed by atoms with Gasteiger partial charge in [0.2, 0.25) is 0 Å². The van der Waals surface area contributed by atoms with Crippen molar-refractivity contribution >= 4 is 101 Å². The molecule has 0 aliphatic carbocycles. The van der Waals surface area contributed by atoms with E-state index >= 15 is 0 Å². The summed E-state index contributed by atoms with van der Waals surface area (Å²) in [5.41, 5.74) is 12.7. The van der Waals surface area contributed by atoms with Crippen molar-refractivity contribution in [1.82, 2.24) is 0 Å². The molecule has 0 unspecified atom stereocenters. The molecule has 1 aliphatic rings. The van der Waals surface area contributed by atoms with E-state index in [1.807, 2.05) is 36.0 Å². The van der Waals surface area contributed by atoms with Crippen LogP contribution >= 0.6 is 11.8 Å². The zero-order chi connectivity index (χ0) is 37.5. The van der Waals surface area contributed by atoms with Crippen molar-refractivity contribution in [1.29, 1.82) is 0 Å². The van der Waals surface area contributed by atoms with Gasteiger partial charge in [-0.3, -0.25) is 0 Å². The molecule has 12 rings (SSSR count). The van der Waals surface area contributed by atoms with Crippen LogP contribution < -0.4 is 9.80 Å². The molecule has 9 aromatic carbocycles. The van der Waals surface area contributed by atoms with Crippen LogP contribution in [-0.2, 0) is 0 Å². The number of hydrogen-bond donors (Lipinski definition) is 0. The predicted octanol–water partition coefficient (Wildman–Crippen LogP) is 15.7. The second-order valence-corrected chi connectivity index (χ2v) is 15.6. The van der Waals surface area contributed by atoms with E-state index in [0.717, 1.165) is 72.3 Å². The number of anilines is 6. The summed E-state index contributed by atoms with van der Waals surface area (Å²) in [6.45, 7) is 0. The minimum atomic E-state index is 0.884. The summed E-state index contributed by atoms with van der Waals surface area (Å²) in [4.78, 5) is 7.19. The zero-order valence-electron chi connectivity index (χ0n) is 30.6. The highest BCUT2D eigenvalue weighted by atomic mass is 32.2. The van der Waals surface area contributed by atoms with Crippen molar-refractivity contribution in [3.05, 3.63) is 194 Å². The van der Waals surface area contributed by atoms with Gasteiger partial charge in [0.05, 0.1) is 17.1 Å². The maximum absolute atomic E-state index is 6.22. The number of para-hydroxylation sites is 4. The monoisotopic (exact) mass is 748 g/mol. The second-order valence-electron chi connectivity index (χ2n) is 14.5. The molecular weight excluding hydrogens is 717 g/mol. The first-order valence-electron chi connectivity index (χ1n) is 19.2. The lowest BCUT2D eigenvalue weighted by Gasteiger charge is -2.35. The van der Waals surface area contributed by atoms with Gasteiger partial charge in [-0.15, -0.1) is 0 Å². The molecule has 0 atom stereocenters. The van der Waals surface area contributed by atoms with Gasteiger partial charge in [0, 0.05) is 53.8 Å². The molecule has 0 saturated carbocycles. The number of nitrogens with zero attached hydrogens (tertiary/aromatic N) is 2. The average Bonchev–Trinajstić information content (AvgIpc) is 3.83. The fraction of sp³-hybridized carbons (Fsp3) is 0. The van der Waals surface area contributed by atoms with Crippen molar-refractivity contribution in [2.24, 2.45) is 0 Å². The van der Waals surface area contributed by atoms with E-state index in [0.29, 0.717) is 0 Å². The Morgan fingerprint density at radius 1 is 0.351 bits per heavy atom. The molecule has 4 nitrogen and oxygen atoms in total. The van der Waals surface area contributed by atoms with Gasteiger partial charge in [0.15, 0.2) is 0 Å². The number of fused-ring (bicyclic) bond motifs is 9. The number of furan rings is 2. The lowest BCUT2D eigenvalue weighted by Crippen LogP contribution is -2.16. The maximum Gasteiger partial charge on any atom is 0.135 e. The van der Waals surface area contributed by atoms with Crippen LogP contribution in [0.3, 0.4) is 0 Å². The predicted molar refractivity (Wildman–Crippen MR) is 237 cm³/mol. The van der Waals surface area contributed by atoms with Crippen LogP contribution in [0.15, 0.2) is 213 Å². The van der Waals surface area contributed by atoms with Gasteiger partial charge in [0.25, 0.3) is 0 Å². The number of rotatable bonds is 5. The van der Waals surface area contributed by atoms with E-state index in [2.05, 4.69) is 180 Å². The van der Waals surface area contributed by atoms with Crippen molar-refractivity contribution in [3.8, 4) is 11.1 Å². The van der Waals surface area contributed by atoms with Crippen LogP contribution in [0.4, 0.5) is 34.1 Å². The van der Waals surface area contributed by atoms with Crippen LogP contribution in [-0.4, -0.2) is 0 Å². The Labute approximate surface area is 332 Å². The highest BCUT2D eigenvalue weighted by molar-refractivity contribution is 7.99. The van der Waals surface area contributed by atoms with Gasteiger partial charge >= 0.3 is 0 Å². The van der Waals surface area contributed by atoms with Crippen molar-refractivity contribution in [2.75, 3.05) is 9.80 Å². The van der Waals surface area contributed by atoms with E-state index in [9.17, 15) is 0 Å². The summed E-state index contributed by atoms with van der Waals surface area (Å²) >= 11 is 1.82. The van der Waals surface area contributed by atoms with Gasteiger partial charge in [0.1, 0.15) is 22.3 Å². The first-order valence-corrected chi connectivity index (χ1v) is 20.0. The van der Waals surface area contributed by atoms with E-state index in [4.69, 9.17) is 8.83 Å². The summed E-state index contributed by atoms with van der Waals surface area (Å²) in [7, 11) is 0. The Morgan fingerprint density at radius 3 is 1.70 bits per heavy atom. The molecule has 5 heteroatoms. The van der Waals surface area contributed by atoms with Gasteiger partial charge in [-0.25, -0.2) is 0 Å². The van der Waals surface area contributed by atoms with Gasteiger partial charge < -0.3 is 18.6 Å². The summed E-state index contributed by atoms with van der Waals surface area (Å²) in [5.74, 6) is 0. The largest absolute Gasteiger partial charge is 0.456 e. The lowest BCUT2D eigenvalue weighted by molar-refractivity contribution is 0.668. The lowest BCUT2D eigenvalue weighted by atomic mass is 9.95. The third-order valence-corrected chi connectivity index (χ3v) is 12.3. The normalized spacial score (nSPS) is 12.5. The molecule has 0 N–H and O–H groups in total. The molecule has 0 spiro atoms. The van der Waals surface area contributed by atoms with E-state index in [-0.39, 0.29) is 0 Å². The molecule has 0 fully saturated rings. The van der Waals surface area contributed by atoms with Gasteiger partial charge in [-0.2, -0.15) is 0 Å². The van der Waals surface area contributed by atoms with E-state index in [1.165, 1.54) is 37.4 Å². The smallest absolute Gasteiger partial charge is 0.135 e. The first kappa shape index (κ1) is 32.1. The average molecular weight is 749 g/mol. The minimum absolute atomic E-state index is 0.884. The highest BCUT2D eigenvalue weighted by Crippen LogP contribution is 2.54. The van der Waals surface area contributed by atoms with Crippen molar-refractivity contribution in [2.45, 2.75) is 9.79 Å². The molecule has 57 heavy (non-hydrogen) atoms. The second kappa shape index (κ2) is 12.7. The first-order chi connectivity index (χ1) is 28.2. The molecule has 0 amide bonds. The third kappa shape index (κ3) is 5.10. The van der Waals surface area contributed by atoms with Crippen molar-refractivity contribution < 1.29 is 8.83 Å². The molecule has 0 radical (unpaired) electrons.